The molecule has 2 aliphatic rings. The number of ether oxygens (including phenoxy) is 2. The van der Waals surface area contributed by atoms with Crippen molar-refractivity contribution in [1.82, 2.24) is 14.9 Å². The van der Waals surface area contributed by atoms with Gasteiger partial charge in [-0.3, -0.25) is 4.79 Å². The Hall–Kier alpha value is -1.55. The molecule has 3 rings (SSSR count). The van der Waals surface area contributed by atoms with E-state index >= 15 is 0 Å². The molecular formula is C18H28ClN3O5S. The number of amides is 1. The fourth-order valence-electron chi connectivity index (χ4n) is 3.58. The summed E-state index contributed by atoms with van der Waals surface area (Å²) in [6.45, 7) is 2.39. The maximum atomic E-state index is 12.9. The molecule has 2 heterocycles. The van der Waals surface area contributed by atoms with Crippen LogP contribution in [0.25, 0.3) is 0 Å². The first-order valence-corrected chi connectivity index (χ1v) is 10.6. The molecule has 1 aromatic carbocycles. The Morgan fingerprint density at radius 2 is 1.82 bits per heavy atom. The zero-order chi connectivity index (χ0) is 19.4. The van der Waals surface area contributed by atoms with Crippen LogP contribution in [0, 0.1) is 5.92 Å². The SMILES string of the molecule is COc1ccc(S(=O)(=O)N2CCC(C(=O)NC3CCNC3)CC2)cc1OC.Cl. The number of halogens is 1. The van der Waals surface area contributed by atoms with Gasteiger partial charge >= 0.3 is 0 Å². The lowest BCUT2D eigenvalue weighted by Gasteiger charge is -2.31. The van der Waals surface area contributed by atoms with Crippen LogP contribution in [-0.4, -0.2) is 65.1 Å². The first kappa shape index (κ1) is 22.7. The van der Waals surface area contributed by atoms with Gasteiger partial charge in [0.05, 0.1) is 19.1 Å². The second kappa shape index (κ2) is 9.78. The zero-order valence-corrected chi connectivity index (χ0v) is 17.8. The van der Waals surface area contributed by atoms with Crippen LogP contribution in [0.4, 0.5) is 0 Å². The molecule has 10 heteroatoms. The maximum absolute atomic E-state index is 12.9. The third-order valence-electron chi connectivity index (χ3n) is 5.22. The summed E-state index contributed by atoms with van der Waals surface area (Å²) in [6, 6.07) is 4.76. The van der Waals surface area contributed by atoms with E-state index in [9.17, 15) is 13.2 Å². The van der Waals surface area contributed by atoms with Crippen molar-refractivity contribution in [3.8, 4) is 11.5 Å². The minimum atomic E-state index is -3.64. The molecule has 1 atom stereocenters. The smallest absolute Gasteiger partial charge is 0.243 e. The average molecular weight is 434 g/mol. The molecule has 1 amide bonds. The van der Waals surface area contributed by atoms with Gasteiger partial charge < -0.3 is 20.1 Å². The van der Waals surface area contributed by atoms with E-state index in [-0.39, 0.29) is 35.2 Å². The minimum Gasteiger partial charge on any atom is -0.493 e. The van der Waals surface area contributed by atoms with Gasteiger partial charge in [-0.05, 0) is 37.9 Å². The largest absolute Gasteiger partial charge is 0.493 e. The lowest BCUT2D eigenvalue weighted by Crippen LogP contribution is -2.45. The number of rotatable bonds is 6. The molecule has 8 nitrogen and oxygen atoms in total. The number of carbonyl (C=O) groups excluding carboxylic acids is 1. The topological polar surface area (TPSA) is 97.0 Å². The first-order chi connectivity index (χ1) is 13.0. The summed E-state index contributed by atoms with van der Waals surface area (Å²) < 4.78 is 37.7. The molecule has 1 aromatic rings. The summed E-state index contributed by atoms with van der Waals surface area (Å²) in [5.74, 6) is 0.751. The highest BCUT2D eigenvalue weighted by atomic mass is 35.5. The highest BCUT2D eigenvalue weighted by molar-refractivity contribution is 7.89. The molecule has 0 saturated carbocycles. The number of methoxy groups -OCH3 is 2. The summed E-state index contributed by atoms with van der Waals surface area (Å²) in [4.78, 5) is 12.6. The van der Waals surface area contributed by atoms with Crippen molar-refractivity contribution in [1.29, 1.82) is 0 Å². The Morgan fingerprint density at radius 3 is 2.39 bits per heavy atom. The molecule has 2 fully saturated rings. The Labute approximate surface area is 172 Å². The molecule has 0 bridgehead atoms. The van der Waals surface area contributed by atoms with Crippen LogP contribution in [0.15, 0.2) is 23.1 Å². The highest BCUT2D eigenvalue weighted by Crippen LogP contribution is 2.32. The van der Waals surface area contributed by atoms with E-state index in [1.807, 2.05) is 0 Å². The van der Waals surface area contributed by atoms with Crippen LogP contribution in [-0.2, 0) is 14.8 Å². The number of nitrogens with one attached hydrogen (secondary N) is 2. The predicted molar refractivity (Wildman–Crippen MR) is 108 cm³/mol. The summed E-state index contributed by atoms with van der Waals surface area (Å²) >= 11 is 0. The Bertz CT molecular complexity index is 775. The number of benzene rings is 1. The van der Waals surface area contributed by atoms with E-state index in [0.717, 1.165) is 19.5 Å². The van der Waals surface area contributed by atoms with Crippen molar-refractivity contribution in [2.24, 2.45) is 5.92 Å². The molecule has 0 radical (unpaired) electrons. The van der Waals surface area contributed by atoms with Gasteiger partial charge in [-0.15, -0.1) is 12.4 Å². The van der Waals surface area contributed by atoms with Crippen molar-refractivity contribution < 1.29 is 22.7 Å². The van der Waals surface area contributed by atoms with Crippen LogP contribution in [0.2, 0.25) is 0 Å². The van der Waals surface area contributed by atoms with Crippen LogP contribution >= 0.6 is 12.4 Å². The van der Waals surface area contributed by atoms with Crippen molar-refractivity contribution in [3.63, 3.8) is 0 Å². The van der Waals surface area contributed by atoms with Gasteiger partial charge in [0.25, 0.3) is 0 Å². The fourth-order valence-corrected chi connectivity index (χ4v) is 5.07. The van der Waals surface area contributed by atoms with E-state index < -0.39 is 10.0 Å². The number of piperidine rings is 1. The fraction of sp³-hybridized carbons (Fsp3) is 0.611. The van der Waals surface area contributed by atoms with Crippen molar-refractivity contribution in [2.75, 3.05) is 40.4 Å². The van der Waals surface area contributed by atoms with Gasteiger partial charge in [-0.25, -0.2) is 8.42 Å². The standard InChI is InChI=1S/C18H27N3O5S.ClH/c1-25-16-4-3-15(11-17(16)26-2)27(23,24)21-9-6-13(7-10-21)18(22)20-14-5-8-19-12-14;/h3-4,11,13-14,19H,5-10,12H2,1-2H3,(H,20,22);1H. The van der Waals surface area contributed by atoms with Crippen molar-refractivity contribution in [2.45, 2.75) is 30.2 Å². The molecular weight excluding hydrogens is 406 g/mol. The molecule has 2 aliphatic heterocycles. The van der Waals surface area contributed by atoms with E-state index in [0.29, 0.717) is 37.4 Å². The quantitative estimate of drug-likeness (QED) is 0.694. The van der Waals surface area contributed by atoms with Crippen LogP contribution in [0.1, 0.15) is 19.3 Å². The van der Waals surface area contributed by atoms with Gasteiger partial charge in [0.15, 0.2) is 11.5 Å². The van der Waals surface area contributed by atoms with E-state index in [1.165, 1.54) is 30.7 Å². The van der Waals surface area contributed by atoms with Crippen LogP contribution in [0.5, 0.6) is 11.5 Å². The average Bonchev–Trinajstić information content (AvgIpc) is 3.20. The summed E-state index contributed by atoms with van der Waals surface area (Å²) in [7, 11) is -0.661. The van der Waals surface area contributed by atoms with Gasteiger partial charge in [-0.1, -0.05) is 0 Å². The first-order valence-electron chi connectivity index (χ1n) is 9.19. The molecule has 0 spiro atoms. The zero-order valence-electron chi connectivity index (χ0n) is 16.1. The number of hydrogen-bond donors (Lipinski definition) is 2. The van der Waals surface area contributed by atoms with Gasteiger partial charge in [0, 0.05) is 37.7 Å². The van der Waals surface area contributed by atoms with Gasteiger partial charge in [-0.2, -0.15) is 4.31 Å². The summed E-state index contributed by atoms with van der Waals surface area (Å²) in [5.41, 5.74) is 0. The molecule has 0 aromatic heterocycles. The molecule has 158 valence electrons. The van der Waals surface area contributed by atoms with Crippen LogP contribution < -0.4 is 20.1 Å². The molecule has 28 heavy (non-hydrogen) atoms. The molecule has 2 saturated heterocycles. The molecule has 0 aliphatic carbocycles. The third kappa shape index (κ3) is 4.89. The number of carbonyl (C=O) groups is 1. The number of hydrogen-bond acceptors (Lipinski definition) is 6. The molecule has 1 unspecified atom stereocenters. The Kier molecular flexibility index (Phi) is 7.94. The lowest BCUT2D eigenvalue weighted by molar-refractivity contribution is -0.126. The van der Waals surface area contributed by atoms with E-state index in [1.54, 1.807) is 6.07 Å². The summed E-state index contributed by atoms with van der Waals surface area (Å²) in [5, 5.41) is 6.28. The van der Waals surface area contributed by atoms with E-state index in [4.69, 9.17) is 9.47 Å². The van der Waals surface area contributed by atoms with Crippen molar-refractivity contribution in [3.05, 3.63) is 18.2 Å². The predicted octanol–water partition coefficient (Wildman–Crippen LogP) is 1.00. The van der Waals surface area contributed by atoms with E-state index in [2.05, 4.69) is 10.6 Å². The monoisotopic (exact) mass is 433 g/mol. The highest BCUT2D eigenvalue weighted by Gasteiger charge is 2.33. The minimum absolute atomic E-state index is 0. The third-order valence-corrected chi connectivity index (χ3v) is 7.12. The Balaban J connectivity index is 0.00000280. The van der Waals surface area contributed by atoms with Crippen molar-refractivity contribution >= 4 is 28.3 Å². The lowest BCUT2D eigenvalue weighted by atomic mass is 9.97. The summed E-state index contributed by atoms with van der Waals surface area (Å²) in [6.07, 6.45) is 2.00. The molecule has 2 N–H and O–H groups in total. The number of sulfonamides is 1. The normalized spacial score (nSPS) is 21.0. The second-order valence-electron chi connectivity index (χ2n) is 6.89. The van der Waals surface area contributed by atoms with Gasteiger partial charge in [0.1, 0.15) is 0 Å². The van der Waals surface area contributed by atoms with Gasteiger partial charge in [0.2, 0.25) is 15.9 Å². The second-order valence-corrected chi connectivity index (χ2v) is 8.83. The number of nitrogens with zero attached hydrogens (tertiary/aromatic N) is 1. The Morgan fingerprint density at radius 1 is 1.14 bits per heavy atom. The maximum Gasteiger partial charge on any atom is 0.243 e. The van der Waals surface area contributed by atoms with Crippen LogP contribution in [0.3, 0.4) is 0 Å².